The number of rotatable bonds is 6. The first-order chi connectivity index (χ1) is 11.7. The van der Waals surface area contributed by atoms with E-state index in [2.05, 4.69) is 39.5 Å². The van der Waals surface area contributed by atoms with E-state index in [0.717, 1.165) is 43.5 Å². The van der Waals surface area contributed by atoms with Crippen molar-refractivity contribution in [1.82, 2.24) is 0 Å². The fourth-order valence-electron chi connectivity index (χ4n) is 4.87. The molecule has 25 heavy (non-hydrogen) atoms. The molecule has 2 N–H and O–H groups in total. The van der Waals surface area contributed by atoms with Crippen molar-refractivity contribution < 1.29 is 4.79 Å². The number of nitrogens with two attached hydrogens (primary N) is 1. The van der Waals surface area contributed by atoms with E-state index >= 15 is 0 Å². The number of hydrogen-bond donors (Lipinski definition) is 1. The third-order valence-corrected chi connectivity index (χ3v) is 6.54. The summed E-state index contributed by atoms with van der Waals surface area (Å²) in [7, 11) is 0. The van der Waals surface area contributed by atoms with E-state index in [0.29, 0.717) is 11.8 Å². The van der Waals surface area contributed by atoms with Gasteiger partial charge in [0.15, 0.2) is 0 Å². The van der Waals surface area contributed by atoms with Crippen molar-refractivity contribution in [2.24, 2.45) is 22.5 Å². The quantitative estimate of drug-likeness (QED) is 0.611. The average Bonchev–Trinajstić information content (AvgIpc) is 2.55. The van der Waals surface area contributed by atoms with Crippen molar-refractivity contribution in [3.05, 3.63) is 47.5 Å². The fraction of sp³-hybridized carbons (Fsp3) is 0.591. The molecule has 1 saturated carbocycles. The van der Waals surface area contributed by atoms with E-state index < -0.39 is 5.41 Å². The number of carbonyl (C=O) groups excluding carboxylic acids is 1. The lowest BCUT2D eigenvalue weighted by Crippen LogP contribution is -2.52. The van der Waals surface area contributed by atoms with Crippen LogP contribution in [0.25, 0.3) is 0 Å². The van der Waals surface area contributed by atoms with Gasteiger partial charge in [-0.25, -0.2) is 0 Å². The zero-order valence-corrected chi connectivity index (χ0v) is 16.6. The van der Waals surface area contributed by atoms with Crippen LogP contribution in [0.5, 0.6) is 0 Å². The van der Waals surface area contributed by atoms with Gasteiger partial charge in [0.1, 0.15) is 0 Å². The van der Waals surface area contributed by atoms with E-state index in [1.807, 2.05) is 18.2 Å². The van der Waals surface area contributed by atoms with Crippen LogP contribution in [0.1, 0.15) is 70.8 Å². The van der Waals surface area contributed by atoms with Gasteiger partial charge in [-0.1, -0.05) is 50.6 Å². The minimum Gasteiger partial charge on any atom is -0.369 e. The first-order valence-electron chi connectivity index (χ1n) is 9.38. The third-order valence-electron chi connectivity index (χ3n) is 6.29. The smallest absolute Gasteiger partial charge is 0.224 e. The van der Waals surface area contributed by atoms with Crippen molar-refractivity contribution in [3.63, 3.8) is 0 Å². The third kappa shape index (κ3) is 4.11. The Bertz CT molecular complexity index is 593. The van der Waals surface area contributed by atoms with E-state index in [-0.39, 0.29) is 11.3 Å². The van der Waals surface area contributed by atoms with Gasteiger partial charge in [-0.15, -0.1) is 6.58 Å². The molecule has 0 spiro atoms. The molecule has 0 radical (unpaired) electrons. The maximum atomic E-state index is 12.6. The van der Waals surface area contributed by atoms with Crippen LogP contribution >= 0.6 is 11.6 Å². The lowest BCUT2D eigenvalue weighted by molar-refractivity contribution is -0.142. The van der Waals surface area contributed by atoms with E-state index in [1.54, 1.807) is 0 Å². The summed E-state index contributed by atoms with van der Waals surface area (Å²) in [4.78, 5) is 12.6. The van der Waals surface area contributed by atoms with Gasteiger partial charge in [-0.3, -0.25) is 4.79 Å². The van der Waals surface area contributed by atoms with Gasteiger partial charge in [0.25, 0.3) is 0 Å². The van der Waals surface area contributed by atoms with Crippen molar-refractivity contribution in [3.8, 4) is 0 Å². The molecule has 2 rings (SSSR count). The van der Waals surface area contributed by atoms with Crippen LogP contribution in [0.3, 0.4) is 0 Å². The maximum absolute atomic E-state index is 12.6. The molecular weight excluding hydrogens is 330 g/mol. The molecule has 1 aliphatic rings. The van der Waals surface area contributed by atoms with Crippen LogP contribution in [0.15, 0.2) is 36.9 Å². The molecule has 1 aromatic rings. The van der Waals surface area contributed by atoms with Gasteiger partial charge in [0.05, 0.1) is 5.41 Å². The van der Waals surface area contributed by atoms with Crippen molar-refractivity contribution in [2.75, 3.05) is 0 Å². The molecule has 1 aromatic carbocycles. The number of carbonyl (C=O) groups is 1. The molecule has 1 aliphatic carbocycles. The predicted molar refractivity (Wildman–Crippen MR) is 107 cm³/mol. The highest BCUT2D eigenvalue weighted by Crippen LogP contribution is 2.54. The zero-order chi connectivity index (χ0) is 18.7. The molecule has 0 heterocycles. The minimum atomic E-state index is -0.466. The second kappa shape index (κ2) is 7.95. The topological polar surface area (TPSA) is 43.1 Å². The van der Waals surface area contributed by atoms with Gasteiger partial charge in [-0.2, -0.15) is 0 Å². The number of amides is 1. The molecule has 0 aromatic heterocycles. The first-order valence-corrected chi connectivity index (χ1v) is 9.76. The number of benzene rings is 1. The molecule has 0 aliphatic heterocycles. The van der Waals surface area contributed by atoms with Crippen LogP contribution in [0, 0.1) is 16.7 Å². The van der Waals surface area contributed by atoms with Crippen LogP contribution in [-0.4, -0.2) is 5.91 Å². The lowest BCUT2D eigenvalue weighted by atomic mass is 9.53. The second-order valence-electron chi connectivity index (χ2n) is 8.51. The van der Waals surface area contributed by atoms with E-state index in [1.165, 1.54) is 5.56 Å². The van der Waals surface area contributed by atoms with Crippen LogP contribution in [-0.2, 0) is 4.79 Å². The molecule has 138 valence electrons. The highest BCUT2D eigenvalue weighted by Gasteiger charge is 2.52. The largest absolute Gasteiger partial charge is 0.369 e. The molecule has 1 amide bonds. The summed E-state index contributed by atoms with van der Waals surface area (Å²) in [5.41, 5.74) is 6.74. The van der Waals surface area contributed by atoms with Crippen molar-refractivity contribution in [1.29, 1.82) is 0 Å². The van der Waals surface area contributed by atoms with E-state index in [9.17, 15) is 4.79 Å². The summed E-state index contributed by atoms with van der Waals surface area (Å²) < 4.78 is 0. The highest BCUT2D eigenvalue weighted by atomic mass is 35.5. The van der Waals surface area contributed by atoms with Crippen LogP contribution in [0.4, 0.5) is 0 Å². The normalized spacial score (nSPS) is 23.7. The average molecular weight is 362 g/mol. The minimum absolute atomic E-state index is 0.142. The lowest BCUT2D eigenvalue weighted by Gasteiger charge is -2.50. The fourth-order valence-corrected chi connectivity index (χ4v) is 5.00. The number of allylic oxidation sites excluding steroid dienone is 1. The van der Waals surface area contributed by atoms with Crippen molar-refractivity contribution >= 4 is 17.5 Å². The van der Waals surface area contributed by atoms with Gasteiger partial charge >= 0.3 is 0 Å². The SMILES string of the molecule is C=CCCC(C(N)=O)(C1CCC(c2ccc(Cl)cc2)CC1)C(C)(C)C. The Morgan fingerprint density at radius 2 is 1.76 bits per heavy atom. The van der Waals surface area contributed by atoms with E-state index in [4.69, 9.17) is 17.3 Å². The molecule has 1 fully saturated rings. The molecule has 1 unspecified atom stereocenters. The summed E-state index contributed by atoms with van der Waals surface area (Å²) in [6.45, 7) is 10.3. The predicted octanol–water partition coefficient (Wildman–Crippen LogP) is 6.10. The molecule has 1 atom stereocenters. The molecular formula is C22H32ClNO. The Balaban J connectivity index is 2.19. The number of primary amides is 1. The number of hydrogen-bond acceptors (Lipinski definition) is 1. The van der Waals surface area contributed by atoms with Gasteiger partial charge in [0.2, 0.25) is 5.91 Å². The highest BCUT2D eigenvalue weighted by molar-refractivity contribution is 6.30. The summed E-state index contributed by atoms with van der Waals surface area (Å²) in [6, 6.07) is 8.21. The summed E-state index contributed by atoms with van der Waals surface area (Å²) >= 11 is 6.01. The van der Waals surface area contributed by atoms with Gasteiger partial charge in [-0.05, 0) is 73.5 Å². The maximum Gasteiger partial charge on any atom is 0.224 e. The molecule has 2 nitrogen and oxygen atoms in total. The summed E-state index contributed by atoms with van der Waals surface area (Å²) in [6.07, 6.45) is 7.83. The Kier molecular flexibility index (Phi) is 6.37. The Hall–Kier alpha value is -1.28. The monoisotopic (exact) mass is 361 g/mol. The zero-order valence-electron chi connectivity index (χ0n) is 15.9. The first kappa shape index (κ1) is 20.0. The Morgan fingerprint density at radius 3 is 2.20 bits per heavy atom. The summed E-state index contributed by atoms with van der Waals surface area (Å²) in [5, 5.41) is 0.780. The number of halogens is 1. The second-order valence-corrected chi connectivity index (χ2v) is 8.95. The van der Waals surface area contributed by atoms with Crippen LogP contribution in [0.2, 0.25) is 5.02 Å². The molecule has 0 bridgehead atoms. The van der Waals surface area contributed by atoms with Crippen LogP contribution < -0.4 is 5.73 Å². The standard InChI is InChI=1S/C22H32ClNO/c1-5-6-15-22(20(24)25,21(2,3)4)18-11-7-16(8-12-18)17-9-13-19(23)14-10-17/h5,9-10,13-14,16,18H,1,6-8,11-12,15H2,2-4H3,(H2,24,25). The summed E-state index contributed by atoms with van der Waals surface area (Å²) in [5.74, 6) is 0.753. The Morgan fingerprint density at radius 1 is 1.20 bits per heavy atom. The Labute approximate surface area is 157 Å². The van der Waals surface area contributed by atoms with Gasteiger partial charge in [0, 0.05) is 5.02 Å². The van der Waals surface area contributed by atoms with Crippen molar-refractivity contribution in [2.45, 2.75) is 65.2 Å². The molecule has 0 saturated heterocycles. The van der Waals surface area contributed by atoms with Gasteiger partial charge < -0.3 is 5.73 Å². The molecule has 3 heteroatoms.